The first-order chi connectivity index (χ1) is 15.0. The minimum Gasteiger partial charge on any atom is -0.497 e. The summed E-state index contributed by atoms with van der Waals surface area (Å²) in [5, 5.41) is 0.490. The molecule has 3 aromatic carbocycles. The third kappa shape index (κ3) is 6.15. The lowest BCUT2D eigenvalue weighted by Crippen LogP contribution is -2.11. The number of aliphatic imine (C=N–C) groups is 1. The molecule has 0 unspecified atom stereocenters. The monoisotopic (exact) mass is 439 g/mol. The van der Waals surface area contributed by atoms with Gasteiger partial charge in [-0.15, -0.1) is 0 Å². The smallest absolute Gasteiger partial charge is 0.180 e. The van der Waals surface area contributed by atoms with Crippen LogP contribution in [0.15, 0.2) is 65.7 Å². The van der Waals surface area contributed by atoms with Crippen molar-refractivity contribution >= 4 is 23.5 Å². The molecular weight excluding hydrogens is 414 g/mol. The lowest BCUT2D eigenvalue weighted by molar-refractivity contribution is 0.208. The van der Waals surface area contributed by atoms with Gasteiger partial charge in [0.2, 0.25) is 0 Å². The molecule has 5 nitrogen and oxygen atoms in total. The van der Waals surface area contributed by atoms with Crippen LogP contribution in [0.4, 0.5) is 5.69 Å². The summed E-state index contributed by atoms with van der Waals surface area (Å²) in [7, 11) is 3.23. The first-order valence-corrected chi connectivity index (χ1v) is 10.4. The van der Waals surface area contributed by atoms with E-state index in [-0.39, 0.29) is 6.10 Å². The van der Waals surface area contributed by atoms with Gasteiger partial charge >= 0.3 is 0 Å². The summed E-state index contributed by atoms with van der Waals surface area (Å²) in [5.41, 5.74) is 1.61. The number of rotatable bonds is 9. The van der Waals surface area contributed by atoms with E-state index in [9.17, 15) is 0 Å². The number of ether oxygens (including phenoxy) is 4. The van der Waals surface area contributed by atoms with Crippen molar-refractivity contribution in [3.8, 4) is 28.7 Å². The van der Waals surface area contributed by atoms with Crippen LogP contribution in [0.5, 0.6) is 28.7 Å². The van der Waals surface area contributed by atoms with Gasteiger partial charge in [-0.2, -0.15) is 0 Å². The van der Waals surface area contributed by atoms with Crippen LogP contribution in [0.2, 0.25) is 5.02 Å². The summed E-state index contributed by atoms with van der Waals surface area (Å²) in [6, 6.07) is 18.6. The highest BCUT2D eigenvalue weighted by molar-refractivity contribution is 6.32. The summed E-state index contributed by atoms with van der Waals surface area (Å²) < 4.78 is 22.3. The second kappa shape index (κ2) is 10.7. The van der Waals surface area contributed by atoms with Gasteiger partial charge in [0.15, 0.2) is 11.5 Å². The van der Waals surface area contributed by atoms with Crippen LogP contribution in [-0.2, 0) is 0 Å². The molecule has 31 heavy (non-hydrogen) atoms. The molecule has 0 radical (unpaired) electrons. The first kappa shape index (κ1) is 22.5. The van der Waals surface area contributed by atoms with Gasteiger partial charge in [0.1, 0.15) is 17.2 Å². The lowest BCUT2D eigenvalue weighted by atomic mass is 10.2. The number of benzene rings is 3. The Labute approximate surface area is 188 Å². The second-order valence-corrected chi connectivity index (χ2v) is 7.31. The molecule has 0 heterocycles. The van der Waals surface area contributed by atoms with E-state index >= 15 is 0 Å². The van der Waals surface area contributed by atoms with E-state index in [1.807, 2.05) is 67.6 Å². The molecule has 0 bridgehead atoms. The Bertz CT molecular complexity index is 1020. The largest absolute Gasteiger partial charge is 0.497 e. The number of methoxy groups -OCH3 is 2. The Balaban J connectivity index is 1.70. The molecule has 0 aromatic heterocycles. The average Bonchev–Trinajstić information content (AvgIpc) is 2.80. The van der Waals surface area contributed by atoms with Crippen LogP contribution < -0.4 is 18.9 Å². The molecule has 0 aliphatic heterocycles. The number of hydrogen-bond acceptors (Lipinski definition) is 5. The molecule has 3 rings (SSSR count). The zero-order valence-corrected chi connectivity index (χ0v) is 18.8. The van der Waals surface area contributed by atoms with Crippen LogP contribution in [0.25, 0.3) is 0 Å². The van der Waals surface area contributed by atoms with Crippen LogP contribution in [0.3, 0.4) is 0 Å². The highest BCUT2D eigenvalue weighted by Gasteiger charge is 2.14. The maximum Gasteiger partial charge on any atom is 0.180 e. The van der Waals surface area contributed by atoms with Crippen LogP contribution >= 0.6 is 11.6 Å². The predicted molar refractivity (Wildman–Crippen MR) is 125 cm³/mol. The normalized spacial score (nSPS) is 11.9. The molecule has 3 aromatic rings. The standard InChI is InChI=1S/C25H26ClNO4/c1-5-17(2)30-25-23(26)14-18(15-24(25)29-4)16-27-19-6-8-21(9-7-19)31-22-12-10-20(28-3)11-13-22/h6-17H,5H2,1-4H3/t17-/m1/s1. The molecule has 0 amide bonds. The summed E-state index contributed by atoms with van der Waals surface area (Å²) in [6.45, 7) is 4.05. The summed E-state index contributed by atoms with van der Waals surface area (Å²) in [4.78, 5) is 4.52. The lowest BCUT2D eigenvalue weighted by Gasteiger charge is -2.17. The Morgan fingerprint density at radius 3 is 2.10 bits per heavy atom. The fourth-order valence-corrected chi connectivity index (χ4v) is 3.01. The Morgan fingerprint density at radius 2 is 1.52 bits per heavy atom. The van der Waals surface area contributed by atoms with Crippen molar-refractivity contribution in [2.45, 2.75) is 26.4 Å². The van der Waals surface area contributed by atoms with Crippen LogP contribution in [0, 0.1) is 0 Å². The number of nitrogens with zero attached hydrogens (tertiary/aromatic N) is 1. The predicted octanol–water partition coefficient (Wildman–Crippen LogP) is 7.08. The quantitative estimate of drug-likeness (QED) is 0.334. The van der Waals surface area contributed by atoms with E-state index in [1.165, 1.54) is 0 Å². The van der Waals surface area contributed by atoms with Gasteiger partial charge in [0.25, 0.3) is 0 Å². The SMILES string of the molecule is CC[C@@H](C)Oc1c(Cl)cc(C=Nc2ccc(Oc3ccc(OC)cc3)cc2)cc1OC. The van der Waals surface area contributed by atoms with E-state index in [0.717, 1.165) is 34.9 Å². The molecule has 1 atom stereocenters. The molecule has 0 aliphatic rings. The van der Waals surface area contributed by atoms with Crippen molar-refractivity contribution in [2.24, 2.45) is 4.99 Å². The van der Waals surface area contributed by atoms with Gasteiger partial charge in [-0.3, -0.25) is 4.99 Å². The van der Waals surface area contributed by atoms with E-state index < -0.39 is 0 Å². The first-order valence-electron chi connectivity index (χ1n) is 10.0. The molecular formula is C25H26ClNO4. The van der Waals surface area contributed by atoms with Crippen molar-refractivity contribution in [1.29, 1.82) is 0 Å². The summed E-state index contributed by atoms with van der Waals surface area (Å²) in [5.74, 6) is 3.38. The van der Waals surface area contributed by atoms with Gasteiger partial charge < -0.3 is 18.9 Å². The van der Waals surface area contributed by atoms with Crippen molar-refractivity contribution < 1.29 is 18.9 Å². The minimum absolute atomic E-state index is 0.0459. The molecule has 0 aliphatic carbocycles. The van der Waals surface area contributed by atoms with E-state index in [1.54, 1.807) is 20.4 Å². The zero-order chi connectivity index (χ0) is 22.2. The van der Waals surface area contributed by atoms with Crippen LogP contribution in [-0.4, -0.2) is 26.5 Å². The van der Waals surface area contributed by atoms with Crippen molar-refractivity contribution in [2.75, 3.05) is 14.2 Å². The van der Waals surface area contributed by atoms with Gasteiger partial charge in [-0.25, -0.2) is 0 Å². The highest BCUT2D eigenvalue weighted by atomic mass is 35.5. The molecule has 0 spiro atoms. The fraction of sp³-hybridized carbons (Fsp3) is 0.240. The summed E-state index contributed by atoms with van der Waals surface area (Å²) >= 11 is 6.42. The van der Waals surface area contributed by atoms with E-state index in [4.69, 9.17) is 30.5 Å². The molecule has 0 saturated carbocycles. The molecule has 0 fully saturated rings. The molecule has 0 saturated heterocycles. The maximum absolute atomic E-state index is 6.42. The highest BCUT2D eigenvalue weighted by Crippen LogP contribution is 2.37. The van der Waals surface area contributed by atoms with Crippen molar-refractivity contribution in [3.05, 3.63) is 71.2 Å². The maximum atomic E-state index is 6.42. The topological polar surface area (TPSA) is 49.3 Å². The number of halogens is 1. The Kier molecular flexibility index (Phi) is 7.79. The van der Waals surface area contributed by atoms with Crippen molar-refractivity contribution in [3.63, 3.8) is 0 Å². The molecule has 162 valence electrons. The Morgan fingerprint density at radius 1 is 0.903 bits per heavy atom. The van der Waals surface area contributed by atoms with Gasteiger partial charge in [-0.05, 0) is 79.6 Å². The van der Waals surface area contributed by atoms with E-state index in [2.05, 4.69) is 11.9 Å². The summed E-state index contributed by atoms with van der Waals surface area (Å²) in [6.07, 6.45) is 2.66. The Hall–Kier alpha value is -3.18. The zero-order valence-electron chi connectivity index (χ0n) is 18.1. The van der Waals surface area contributed by atoms with Crippen LogP contribution in [0.1, 0.15) is 25.8 Å². The number of hydrogen-bond donors (Lipinski definition) is 0. The molecule has 6 heteroatoms. The van der Waals surface area contributed by atoms with Gasteiger partial charge in [0.05, 0.1) is 31.0 Å². The fourth-order valence-electron chi connectivity index (χ4n) is 2.74. The van der Waals surface area contributed by atoms with Gasteiger partial charge in [0, 0.05) is 6.21 Å². The third-order valence-electron chi connectivity index (χ3n) is 4.64. The minimum atomic E-state index is 0.0459. The van der Waals surface area contributed by atoms with Gasteiger partial charge in [-0.1, -0.05) is 18.5 Å². The average molecular weight is 440 g/mol. The second-order valence-electron chi connectivity index (χ2n) is 6.90. The molecule has 0 N–H and O–H groups in total. The van der Waals surface area contributed by atoms with Crippen molar-refractivity contribution in [1.82, 2.24) is 0 Å². The van der Waals surface area contributed by atoms with E-state index in [0.29, 0.717) is 16.5 Å². The third-order valence-corrected chi connectivity index (χ3v) is 4.92.